The van der Waals surface area contributed by atoms with Gasteiger partial charge in [0.05, 0.1) is 13.7 Å². The number of nitrogens with zero attached hydrogens (tertiary/aromatic N) is 2. The van der Waals surface area contributed by atoms with Crippen molar-refractivity contribution in [1.82, 2.24) is 0 Å². The van der Waals surface area contributed by atoms with Crippen molar-refractivity contribution in [3.8, 4) is 17.6 Å². The van der Waals surface area contributed by atoms with Crippen molar-refractivity contribution < 1.29 is 33.3 Å². The maximum absolute atomic E-state index is 12.6. The molecule has 2 aromatic rings. The summed E-state index contributed by atoms with van der Waals surface area (Å²) in [5.74, 6) is -1.09. The molecule has 0 saturated heterocycles. The van der Waals surface area contributed by atoms with Crippen molar-refractivity contribution in [3.05, 3.63) is 60.2 Å². The highest BCUT2D eigenvalue weighted by Gasteiger charge is 2.21. The molecule has 0 bridgehead atoms. The Bertz CT molecular complexity index is 1030. The molecule has 0 aliphatic carbocycles. The Morgan fingerprint density at radius 3 is 2.48 bits per heavy atom. The van der Waals surface area contributed by atoms with Crippen LogP contribution in [-0.4, -0.2) is 51.3 Å². The highest BCUT2D eigenvalue weighted by atomic mass is 16.5. The molecule has 0 unspecified atom stereocenters. The molecule has 0 spiro atoms. The molecule has 0 radical (unpaired) electrons. The number of rotatable bonds is 11. The van der Waals surface area contributed by atoms with E-state index in [1.807, 2.05) is 6.07 Å². The first kappa shape index (κ1) is 24.9. The van der Waals surface area contributed by atoms with Gasteiger partial charge in [-0.25, -0.2) is 4.79 Å². The summed E-state index contributed by atoms with van der Waals surface area (Å²) in [4.78, 5) is 37.8. The number of amides is 1. The summed E-state index contributed by atoms with van der Waals surface area (Å²) in [6.45, 7) is 0.878. The second-order valence-corrected chi connectivity index (χ2v) is 6.42. The van der Waals surface area contributed by atoms with Crippen LogP contribution >= 0.6 is 0 Å². The van der Waals surface area contributed by atoms with Gasteiger partial charge in [0.1, 0.15) is 12.6 Å². The number of hydrogen-bond acceptors (Lipinski definition) is 8. The molecular formula is C24H24N2O7. The molecule has 0 aromatic heterocycles. The van der Waals surface area contributed by atoms with Crippen molar-refractivity contribution in [2.45, 2.75) is 6.92 Å². The third-order valence-electron chi connectivity index (χ3n) is 4.19. The molecular weight excluding hydrogens is 428 g/mol. The van der Waals surface area contributed by atoms with Crippen LogP contribution in [0.5, 0.6) is 11.5 Å². The van der Waals surface area contributed by atoms with Crippen molar-refractivity contribution in [2.24, 2.45) is 0 Å². The van der Waals surface area contributed by atoms with Gasteiger partial charge in [-0.2, -0.15) is 5.26 Å². The van der Waals surface area contributed by atoms with E-state index in [4.69, 9.17) is 24.2 Å². The zero-order valence-corrected chi connectivity index (χ0v) is 18.4. The number of anilines is 1. The number of methoxy groups -OCH3 is 1. The topological polar surface area (TPSA) is 115 Å². The van der Waals surface area contributed by atoms with Crippen LogP contribution in [0.15, 0.2) is 54.6 Å². The Labute approximate surface area is 191 Å². The number of hydrogen-bond donors (Lipinski definition) is 0. The van der Waals surface area contributed by atoms with E-state index in [0.717, 1.165) is 6.08 Å². The fourth-order valence-corrected chi connectivity index (χ4v) is 2.71. The smallest absolute Gasteiger partial charge is 0.331 e. The molecule has 0 heterocycles. The average molecular weight is 452 g/mol. The van der Waals surface area contributed by atoms with Gasteiger partial charge in [0.15, 0.2) is 24.7 Å². The van der Waals surface area contributed by atoms with Crippen LogP contribution in [0.25, 0.3) is 6.08 Å². The quantitative estimate of drug-likeness (QED) is 0.378. The fraction of sp³-hybridized carbons (Fsp3) is 0.250. The average Bonchev–Trinajstić information content (AvgIpc) is 2.84. The second-order valence-electron chi connectivity index (χ2n) is 6.42. The van der Waals surface area contributed by atoms with E-state index in [-0.39, 0.29) is 19.8 Å². The molecule has 172 valence electrons. The number of nitriles is 1. The summed E-state index contributed by atoms with van der Waals surface area (Å²) in [6.07, 6.45) is 2.65. The number of ether oxygens (including phenoxy) is 4. The first-order valence-corrected chi connectivity index (χ1v) is 10.0. The summed E-state index contributed by atoms with van der Waals surface area (Å²) >= 11 is 0. The summed E-state index contributed by atoms with van der Waals surface area (Å²) in [5.41, 5.74) is 1.10. The maximum Gasteiger partial charge on any atom is 0.331 e. The van der Waals surface area contributed by atoms with E-state index >= 15 is 0 Å². The molecule has 0 fully saturated rings. The van der Waals surface area contributed by atoms with Gasteiger partial charge in [-0.3, -0.25) is 14.5 Å². The second kappa shape index (κ2) is 13.2. The SMILES string of the molecule is CCOC(=O)CN(C(=O)COC(=O)/C=C/c1ccc(OCC#N)c(OC)c1)c1ccccc1. The van der Waals surface area contributed by atoms with E-state index in [2.05, 4.69) is 0 Å². The van der Waals surface area contributed by atoms with Crippen molar-refractivity contribution in [2.75, 3.05) is 38.4 Å². The third-order valence-corrected chi connectivity index (χ3v) is 4.19. The van der Waals surface area contributed by atoms with Gasteiger partial charge in [0.2, 0.25) is 0 Å². The monoisotopic (exact) mass is 452 g/mol. The summed E-state index contributed by atoms with van der Waals surface area (Å²) in [7, 11) is 1.46. The number of carbonyl (C=O) groups excluding carboxylic acids is 3. The first-order valence-electron chi connectivity index (χ1n) is 10.0. The van der Waals surface area contributed by atoms with E-state index in [9.17, 15) is 14.4 Å². The molecule has 1 amide bonds. The maximum atomic E-state index is 12.6. The Morgan fingerprint density at radius 2 is 1.82 bits per heavy atom. The van der Waals surface area contributed by atoms with Gasteiger partial charge >= 0.3 is 11.9 Å². The molecule has 0 saturated carbocycles. The van der Waals surface area contributed by atoms with E-state index in [0.29, 0.717) is 22.7 Å². The van der Waals surface area contributed by atoms with Gasteiger partial charge in [0.25, 0.3) is 5.91 Å². The van der Waals surface area contributed by atoms with Crippen molar-refractivity contribution in [3.63, 3.8) is 0 Å². The Morgan fingerprint density at radius 1 is 1.06 bits per heavy atom. The molecule has 2 rings (SSSR count). The van der Waals surface area contributed by atoms with Crippen LogP contribution in [0, 0.1) is 11.3 Å². The van der Waals surface area contributed by atoms with E-state index < -0.39 is 24.5 Å². The summed E-state index contributed by atoms with van der Waals surface area (Å²) in [6, 6.07) is 15.3. The molecule has 0 aliphatic rings. The highest BCUT2D eigenvalue weighted by Crippen LogP contribution is 2.28. The van der Waals surface area contributed by atoms with Crippen LogP contribution in [-0.2, 0) is 23.9 Å². The first-order chi connectivity index (χ1) is 16.0. The van der Waals surface area contributed by atoms with Crippen LogP contribution in [0.3, 0.4) is 0 Å². The summed E-state index contributed by atoms with van der Waals surface area (Å²) < 4.78 is 20.4. The molecule has 0 atom stereocenters. The Hall–Kier alpha value is -4.32. The van der Waals surface area contributed by atoms with Crippen molar-refractivity contribution in [1.29, 1.82) is 5.26 Å². The van der Waals surface area contributed by atoms with Gasteiger partial charge < -0.3 is 18.9 Å². The lowest BCUT2D eigenvalue weighted by Crippen LogP contribution is -2.39. The molecule has 0 N–H and O–H groups in total. The van der Waals surface area contributed by atoms with Crippen LogP contribution in [0.4, 0.5) is 5.69 Å². The fourth-order valence-electron chi connectivity index (χ4n) is 2.71. The summed E-state index contributed by atoms with van der Waals surface area (Å²) in [5, 5.41) is 8.62. The van der Waals surface area contributed by atoms with Crippen LogP contribution < -0.4 is 14.4 Å². The molecule has 9 nitrogen and oxygen atoms in total. The zero-order chi connectivity index (χ0) is 24.1. The van der Waals surface area contributed by atoms with Crippen LogP contribution in [0.1, 0.15) is 12.5 Å². The Kier molecular flexibility index (Phi) is 9.95. The highest BCUT2D eigenvalue weighted by molar-refractivity contribution is 5.99. The van der Waals surface area contributed by atoms with Gasteiger partial charge in [-0.15, -0.1) is 0 Å². The van der Waals surface area contributed by atoms with Crippen molar-refractivity contribution >= 4 is 29.6 Å². The lowest BCUT2D eigenvalue weighted by molar-refractivity contribution is -0.144. The third kappa shape index (κ3) is 8.03. The lowest BCUT2D eigenvalue weighted by atomic mass is 10.2. The molecule has 9 heteroatoms. The minimum absolute atomic E-state index is 0.123. The normalized spacial score (nSPS) is 10.2. The minimum Gasteiger partial charge on any atom is -0.493 e. The Balaban J connectivity index is 2.00. The van der Waals surface area contributed by atoms with Crippen LogP contribution in [0.2, 0.25) is 0 Å². The van der Waals surface area contributed by atoms with E-state index in [1.165, 1.54) is 18.1 Å². The number of esters is 2. The van der Waals surface area contributed by atoms with E-state index in [1.54, 1.807) is 55.5 Å². The molecule has 0 aliphatic heterocycles. The largest absolute Gasteiger partial charge is 0.493 e. The predicted molar refractivity (Wildman–Crippen MR) is 120 cm³/mol. The van der Waals surface area contributed by atoms with Gasteiger partial charge in [-0.1, -0.05) is 24.3 Å². The minimum atomic E-state index is -0.740. The predicted octanol–water partition coefficient (Wildman–Crippen LogP) is 2.75. The zero-order valence-electron chi connectivity index (χ0n) is 18.4. The standard InChI is InChI=1S/C24H24N2O7/c1-3-31-24(29)16-26(19-7-5-4-6-8-19)22(27)17-33-23(28)12-10-18-9-11-20(32-14-13-25)21(15-18)30-2/h4-12,15H,3,14,16-17H2,1-2H3/b12-10+. The number of carbonyl (C=O) groups is 3. The molecule has 2 aromatic carbocycles. The number of para-hydroxylation sites is 1. The lowest BCUT2D eigenvalue weighted by Gasteiger charge is -2.21. The molecule has 33 heavy (non-hydrogen) atoms. The van der Waals surface area contributed by atoms with Gasteiger partial charge in [0, 0.05) is 11.8 Å². The van der Waals surface area contributed by atoms with Gasteiger partial charge in [-0.05, 0) is 42.8 Å². The number of benzene rings is 2.